The molecule has 0 aliphatic heterocycles. The average molecular weight is 330 g/mol. The molecule has 1 atom stereocenters. The van der Waals surface area contributed by atoms with Crippen molar-refractivity contribution in [1.82, 2.24) is 5.32 Å². The lowest BCUT2D eigenvalue weighted by atomic mass is 10.2. The maximum Gasteiger partial charge on any atom is 0.319 e. The van der Waals surface area contributed by atoms with Crippen molar-refractivity contribution in [1.29, 1.82) is 0 Å². The number of thiophene rings is 1. The van der Waals surface area contributed by atoms with E-state index >= 15 is 0 Å². The van der Waals surface area contributed by atoms with Crippen molar-refractivity contribution in [2.75, 3.05) is 11.9 Å². The SMILES string of the molecule is O=C(NCC(O)c1cc2ccccc2s1)Nc1ccccc1F. The lowest BCUT2D eigenvalue weighted by molar-refractivity contribution is 0.178. The van der Waals surface area contributed by atoms with Gasteiger partial charge in [0.1, 0.15) is 11.9 Å². The molecule has 0 aliphatic carbocycles. The van der Waals surface area contributed by atoms with Crippen LogP contribution in [0, 0.1) is 5.82 Å². The van der Waals surface area contributed by atoms with Crippen molar-refractivity contribution >= 4 is 33.1 Å². The zero-order chi connectivity index (χ0) is 16.2. The lowest BCUT2D eigenvalue weighted by Gasteiger charge is -2.11. The number of para-hydroxylation sites is 1. The van der Waals surface area contributed by atoms with Gasteiger partial charge in [0.05, 0.1) is 12.2 Å². The molecule has 0 bridgehead atoms. The molecule has 0 spiro atoms. The van der Waals surface area contributed by atoms with Crippen molar-refractivity contribution in [2.45, 2.75) is 6.10 Å². The number of benzene rings is 2. The van der Waals surface area contributed by atoms with Gasteiger partial charge >= 0.3 is 6.03 Å². The molecule has 23 heavy (non-hydrogen) atoms. The molecule has 6 heteroatoms. The van der Waals surface area contributed by atoms with Crippen LogP contribution in [0.3, 0.4) is 0 Å². The van der Waals surface area contributed by atoms with Gasteiger partial charge in [0.15, 0.2) is 0 Å². The van der Waals surface area contributed by atoms with Crippen LogP contribution in [0.4, 0.5) is 14.9 Å². The quantitative estimate of drug-likeness (QED) is 0.679. The number of aliphatic hydroxyl groups excluding tert-OH is 1. The third kappa shape index (κ3) is 3.67. The Balaban J connectivity index is 1.59. The Hall–Kier alpha value is -2.44. The summed E-state index contributed by atoms with van der Waals surface area (Å²) in [7, 11) is 0. The largest absolute Gasteiger partial charge is 0.386 e. The Morgan fingerprint density at radius 3 is 2.70 bits per heavy atom. The van der Waals surface area contributed by atoms with Crippen LogP contribution in [0.2, 0.25) is 0 Å². The standard InChI is InChI=1S/C17H15FN2O2S/c18-12-6-2-3-7-13(12)20-17(22)19-10-14(21)16-9-11-5-1-4-8-15(11)23-16/h1-9,14,21H,10H2,(H2,19,20,22). The van der Waals surface area contributed by atoms with Crippen LogP contribution in [0.1, 0.15) is 11.0 Å². The van der Waals surface area contributed by atoms with Crippen LogP contribution < -0.4 is 10.6 Å². The average Bonchev–Trinajstić information content (AvgIpc) is 2.99. The number of aliphatic hydroxyl groups is 1. The summed E-state index contributed by atoms with van der Waals surface area (Å²) in [4.78, 5) is 12.6. The summed E-state index contributed by atoms with van der Waals surface area (Å²) < 4.78 is 14.5. The molecule has 0 saturated heterocycles. The summed E-state index contributed by atoms with van der Waals surface area (Å²) in [5.41, 5.74) is 0.0985. The summed E-state index contributed by atoms with van der Waals surface area (Å²) in [6.07, 6.45) is -0.807. The molecule has 0 fully saturated rings. The second kappa shape index (κ2) is 6.76. The minimum absolute atomic E-state index is 0.0487. The fourth-order valence-corrected chi connectivity index (χ4v) is 3.24. The van der Waals surface area contributed by atoms with Crippen LogP contribution >= 0.6 is 11.3 Å². The first-order chi connectivity index (χ1) is 11.1. The van der Waals surface area contributed by atoms with Crippen LogP contribution in [0.5, 0.6) is 0 Å². The molecule has 3 rings (SSSR count). The summed E-state index contributed by atoms with van der Waals surface area (Å²) in [6, 6.07) is 15.1. The van der Waals surface area contributed by atoms with E-state index in [9.17, 15) is 14.3 Å². The van der Waals surface area contributed by atoms with E-state index in [4.69, 9.17) is 0 Å². The van der Waals surface area contributed by atoms with Crippen molar-refractivity contribution < 1.29 is 14.3 Å². The number of amides is 2. The highest BCUT2D eigenvalue weighted by Gasteiger charge is 2.13. The van der Waals surface area contributed by atoms with E-state index in [2.05, 4.69) is 10.6 Å². The van der Waals surface area contributed by atoms with Crippen molar-refractivity contribution in [3.63, 3.8) is 0 Å². The first-order valence-corrected chi connectivity index (χ1v) is 7.91. The molecular formula is C17H15FN2O2S. The maximum absolute atomic E-state index is 13.4. The third-order valence-corrected chi connectivity index (χ3v) is 4.57. The summed E-state index contributed by atoms with van der Waals surface area (Å²) in [6.45, 7) is 0.0487. The molecule has 4 nitrogen and oxygen atoms in total. The summed E-state index contributed by atoms with van der Waals surface area (Å²) >= 11 is 1.48. The van der Waals surface area contributed by atoms with E-state index < -0.39 is 18.0 Å². The Morgan fingerprint density at radius 1 is 1.17 bits per heavy atom. The van der Waals surface area contributed by atoms with Gasteiger partial charge in [0, 0.05) is 9.58 Å². The number of halogens is 1. The number of anilines is 1. The lowest BCUT2D eigenvalue weighted by Crippen LogP contribution is -2.32. The number of fused-ring (bicyclic) bond motifs is 1. The second-order valence-corrected chi connectivity index (χ2v) is 6.13. The maximum atomic E-state index is 13.4. The van der Waals surface area contributed by atoms with Gasteiger partial charge in [-0.05, 0) is 29.7 Å². The first-order valence-electron chi connectivity index (χ1n) is 7.09. The molecule has 3 N–H and O–H groups in total. The van der Waals surface area contributed by atoms with E-state index in [1.165, 1.54) is 23.5 Å². The van der Waals surface area contributed by atoms with E-state index in [1.807, 2.05) is 30.3 Å². The minimum atomic E-state index is -0.807. The smallest absolute Gasteiger partial charge is 0.319 e. The predicted octanol–water partition coefficient (Wildman–Crippen LogP) is 3.90. The molecule has 0 saturated carbocycles. The molecular weight excluding hydrogens is 315 g/mol. The molecule has 2 aromatic carbocycles. The fourth-order valence-electron chi connectivity index (χ4n) is 2.19. The first kappa shape index (κ1) is 15.5. The van der Waals surface area contributed by atoms with Crippen molar-refractivity contribution in [3.8, 4) is 0 Å². The Labute approximate surface area is 136 Å². The molecule has 3 aromatic rings. The summed E-state index contributed by atoms with van der Waals surface area (Å²) in [5.74, 6) is -0.507. The fraction of sp³-hybridized carbons (Fsp3) is 0.118. The van der Waals surface area contributed by atoms with Crippen LogP contribution in [0.25, 0.3) is 10.1 Å². The highest BCUT2D eigenvalue weighted by molar-refractivity contribution is 7.19. The van der Waals surface area contributed by atoms with Gasteiger partial charge < -0.3 is 15.7 Å². The zero-order valence-electron chi connectivity index (χ0n) is 12.1. The van der Waals surface area contributed by atoms with Gasteiger partial charge in [0.2, 0.25) is 0 Å². The highest BCUT2D eigenvalue weighted by atomic mass is 32.1. The summed E-state index contributed by atoms with van der Waals surface area (Å²) in [5, 5.41) is 16.2. The van der Waals surface area contributed by atoms with E-state index in [1.54, 1.807) is 12.1 Å². The second-order valence-electron chi connectivity index (χ2n) is 5.02. The Kier molecular flexibility index (Phi) is 4.55. The number of nitrogens with one attached hydrogen (secondary N) is 2. The van der Waals surface area contributed by atoms with Gasteiger partial charge in [0.25, 0.3) is 0 Å². The molecule has 118 valence electrons. The predicted molar refractivity (Wildman–Crippen MR) is 90.2 cm³/mol. The van der Waals surface area contributed by atoms with Crippen LogP contribution in [-0.2, 0) is 0 Å². The van der Waals surface area contributed by atoms with Crippen molar-refractivity contribution in [2.24, 2.45) is 0 Å². The van der Waals surface area contributed by atoms with Crippen LogP contribution in [-0.4, -0.2) is 17.7 Å². The molecule has 0 radical (unpaired) electrons. The van der Waals surface area contributed by atoms with E-state index in [0.717, 1.165) is 15.0 Å². The zero-order valence-corrected chi connectivity index (χ0v) is 12.9. The van der Waals surface area contributed by atoms with Gasteiger partial charge in [-0.1, -0.05) is 30.3 Å². The van der Waals surface area contributed by atoms with Gasteiger partial charge in [-0.25, -0.2) is 9.18 Å². The third-order valence-electron chi connectivity index (χ3n) is 3.35. The molecule has 0 aliphatic rings. The Bertz CT molecular complexity index is 801. The molecule has 1 heterocycles. The molecule has 2 amide bonds. The van der Waals surface area contributed by atoms with Gasteiger partial charge in [-0.15, -0.1) is 11.3 Å². The number of hydrogen-bond donors (Lipinski definition) is 3. The normalized spacial score (nSPS) is 12.1. The van der Waals surface area contributed by atoms with Gasteiger partial charge in [-0.2, -0.15) is 0 Å². The topological polar surface area (TPSA) is 61.4 Å². The number of carbonyl (C=O) groups is 1. The molecule has 1 unspecified atom stereocenters. The minimum Gasteiger partial charge on any atom is -0.386 e. The number of rotatable bonds is 4. The van der Waals surface area contributed by atoms with Gasteiger partial charge in [-0.3, -0.25) is 0 Å². The Morgan fingerprint density at radius 2 is 1.91 bits per heavy atom. The van der Waals surface area contributed by atoms with E-state index in [0.29, 0.717) is 0 Å². The monoisotopic (exact) mass is 330 g/mol. The van der Waals surface area contributed by atoms with E-state index in [-0.39, 0.29) is 12.2 Å². The number of urea groups is 1. The van der Waals surface area contributed by atoms with Crippen molar-refractivity contribution in [3.05, 3.63) is 65.3 Å². The van der Waals surface area contributed by atoms with Crippen LogP contribution in [0.15, 0.2) is 54.6 Å². The highest BCUT2D eigenvalue weighted by Crippen LogP contribution is 2.29. The number of carbonyl (C=O) groups excluding carboxylic acids is 1. The molecule has 1 aromatic heterocycles. The number of hydrogen-bond acceptors (Lipinski definition) is 3.